The molecule has 1 aromatic carbocycles. The molecule has 0 aromatic heterocycles. The number of benzene rings is 1. The summed E-state index contributed by atoms with van der Waals surface area (Å²) in [5, 5.41) is 0. The van der Waals surface area contributed by atoms with Crippen LogP contribution in [0.2, 0.25) is 0 Å². The SMILES string of the molecule is CCC(OOC(C)=O)Oc1ccc(C(C(C)CC)C(C)(C)C)cc1. The molecule has 0 heterocycles. The van der Waals surface area contributed by atoms with Crippen LogP contribution >= 0.6 is 0 Å². The first-order valence-electron chi connectivity index (χ1n) is 8.79. The summed E-state index contributed by atoms with van der Waals surface area (Å²) in [6, 6.07) is 8.15. The fourth-order valence-electron chi connectivity index (χ4n) is 3.12. The molecule has 0 saturated carbocycles. The van der Waals surface area contributed by atoms with Crippen LogP contribution in [0.3, 0.4) is 0 Å². The van der Waals surface area contributed by atoms with Crippen molar-refractivity contribution in [1.29, 1.82) is 0 Å². The molecule has 0 aliphatic heterocycles. The van der Waals surface area contributed by atoms with Gasteiger partial charge in [-0.15, -0.1) is 4.89 Å². The van der Waals surface area contributed by atoms with Crippen LogP contribution in [0.15, 0.2) is 24.3 Å². The summed E-state index contributed by atoms with van der Waals surface area (Å²) >= 11 is 0. The van der Waals surface area contributed by atoms with Crippen molar-refractivity contribution in [2.45, 2.75) is 73.5 Å². The number of ether oxygens (including phenoxy) is 1. The van der Waals surface area contributed by atoms with Crippen molar-refractivity contribution >= 4 is 5.97 Å². The molecule has 0 spiro atoms. The van der Waals surface area contributed by atoms with E-state index >= 15 is 0 Å². The molecule has 1 aromatic rings. The van der Waals surface area contributed by atoms with E-state index in [9.17, 15) is 4.79 Å². The first kappa shape index (κ1) is 20.5. The van der Waals surface area contributed by atoms with Gasteiger partial charge in [-0.05, 0) is 34.9 Å². The zero-order chi connectivity index (χ0) is 18.3. The monoisotopic (exact) mass is 336 g/mol. The molecule has 0 radical (unpaired) electrons. The van der Waals surface area contributed by atoms with E-state index in [0.29, 0.717) is 24.0 Å². The summed E-state index contributed by atoms with van der Waals surface area (Å²) in [6.07, 6.45) is 1.12. The minimum atomic E-state index is -0.604. The Hall–Kier alpha value is -1.55. The molecule has 0 aliphatic rings. The maximum absolute atomic E-state index is 10.8. The minimum Gasteiger partial charge on any atom is -0.461 e. The molecular weight excluding hydrogens is 304 g/mol. The van der Waals surface area contributed by atoms with Gasteiger partial charge in [0.2, 0.25) is 6.29 Å². The lowest BCUT2D eigenvalue weighted by atomic mass is 9.69. The van der Waals surface area contributed by atoms with E-state index in [-0.39, 0.29) is 5.41 Å². The Balaban J connectivity index is 2.84. The van der Waals surface area contributed by atoms with Gasteiger partial charge in [0.05, 0.1) is 0 Å². The smallest absolute Gasteiger partial charge is 0.339 e. The molecule has 4 nitrogen and oxygen atoms in total. The number of carbonyl (C=O) groups excluding carboxylic acids is 1. The van der Waals surface area contributed by atoms with Gasteiger partial charge in [-0.25, -0.2) is 4.79 Å². The van der Waals surface area contributed by atoms with Crippen molar-refractivity contribution in [2.24, 2.45) is 11.3 Å². The minimum absolute atomic E-state index is 0.197. The predicted octanol–water partition coefficient (Wildman–Crippen LogP) is 5.47. The highest BCUT2D eigenvalue weighted by molar-refractivity contribution is 5.65. The first-order valence-corrected chi connectivity index (χ1v) is 8.79. The normalized spacial score (nSPS) is 15.5. The molecule has 136 valence electrons. The van der Waals surface area contributed by atoms with Gasteiger partial charge in [-0.1, -0.05) is 60.1 Å². The van der Waals surface area contributed by atoms with Gasteiger partial charge in [-0.3, -0.25) is 4.89 Å². The van der Waals surface area contributed by atoms with E-state index in [1.807, 2.05) is 19.1 Å². The van der Waals surface area contributed by atoms with Crippen LogP contribution in [0.5, 0.6) is 5.75 Å². The van der Waals surface area contributed by atoms with Crippen LogP contribution in [0.4, 0.5) is 0 Å². The van der Waals surface area contributed by atoms with Crippen LogP contribution < -0.4 is 4.74 Å². The fraction of sp³-hybridized carbons (Fsp3) is 0.650. The van der Waals surface area contributed by atoms with Gasteiger partial charge in [0.1, 0.15) is 5.75 Å². The number of hydrogen-bond donors (Lipinski definition) is 0. The average molecular weight is 336 g/mol. The lowest BCUT2D eigenvalue weighted by molar-refractivity contribution is -0.333. The van der Waals surface area contributed by atoms with Crippen molar-refractivity contribution in [1.82, 2.24) is 0 Å². The molecule has 0 amide bonds. The molecule has 0 N–H and O–H groups in total. The van der Waals surface area contributed by atoms with Gasteiger partial charge in [-0.2, -0.15) is 0 Å². The molecular formula is C20H32O4. The predicted molar refractivity (Wildman–Crippen MR) is 95.7 cm³/mol. The second kappa shape index (κ2) is 9.07. The molecule has 4 heteroatoms. The van der Waals surface area contributed by atoms with Crippen molar-refractivity contribution in [3.63, 3.8) is 0 Å². The summed E-state index contributed by atoms with van der Waals surface area (Å²) in [4.78, 5) is 20.3. The lowest BCUT2D eigenvalue weighted by Gasteiger charge is -2.36. The molecule has 0 aliphatic carbocycles. The van der Waals surface area contributed by atoms with Gasteiger partial charge in [0.25, 0.3) is 0 Å². The van der Waals surface area contributed by atoms with E-state index in [4.69, 9.17) is 9.62 Å². The average Bonchev–Trinajstić information content (AvgIpc) is 2.51. The highest BCUT2D eigenvalue weighted by Gasteiger charge is 2.30. The summed E-state index contributed by atoms with van der Waals surface area (Å²) in [5.74, 6) is 1.30. The van der Waals surface area contributed by atoms with E-state index in [1.165, 1.54) is 12.5 Å². The Labute approximate surface area is 146 Å². The maximum atomic E-state index is 10.8. The Kier molecular flexibility index (Phi) is 7.74. The van der Waals surface area contributed by atoms with Crippen molar-refractivity contribution in [3.8, 4) is 5.75 Å². The van der Waals surface area contributed by atoms with E-state index in [0.717, 1.165) is 6.42 Å². The third-order valence-electron chi connectivity index (χ3n) is 4.26. The second-order valence-electron chi connectivity index (χ2n) is 7.43. The topological polar surface area (TPSA) is 44.8 Å². The Bertz CT molecular complexity index is 501. The molecule has 0 fully saturated rings. The van der Waals surface area contributed by atoms with Gasteiger partial charge >= 0.3 is 5.97 Å². The van der Waals surface area contributed by atoms with Crippen molar-refractivity contribution in [2.75, 3.05) is 0 Å². The van der Waals surface area contributed by atoms with E-state index in [1.54, 1.807) is 0 Å². The highest BCUT2D eigenvalue weighted by Crippen LogP contribution is 2.42. The second-order valence-corrected chi connectivity index (χ2v) is 7.43. The van der Waals surface area contributed by atoms with E-state index in [2.05, 4.69) is 51.6 Å². The quantitative estimate of drug-likeness (QED) is 0.358. The van der Waals surface area contributed by atoms with Crippen LogP contribution in [-0.2, 0) is 14.6 Å². The van der Waals surface area contributed by atoms with Crippen molar-refractivity contribution < 1.29 is 19.3 Å². The van der Waals surface area contributed by atoms with Crippen LogP contribution in [0, 0.1) is 11.3 Å². The summed E-state index contributed by atoms with van der Waals surface area (Å²) in [6.45, 7) is 14.6. The van der Waals surface area contributed by atoms with Gasteiger partial charge in [0.15, 0.2) is 0 Å². The summed E-state index contributed by atoms with van der Waals surface area (Å²) in [7, 11) is 0. The standard InChI is InChI=1S/C20H32O4/c1-8-14(3)19(20(5,6)7)16-10-12-17(13-11-16)22-18(9-2)24-23-15(4)21/h10-14,18-19H,8-9H2,1-7H3. The van der Waals surface area contributed by atoms with Crippen LogP contribution in [-0.4, -0.2) is 12.3 Å². The Morgan fingerprint density at radius 1 is 1.08 bits per heavy atom. The molecule has 24 heavy (non-hydrogen) atoms. The third kappa shape index (κ3) is 6.16. The summed E-state index contributed by atoms with van der Waals surface area (Å²) < 4.78 is 5.72. The zero-order valence-electron chi connectivity index (χ0n) is 16.1. The number of rotatable bonds is 8. The van der Waals surface area contributed by atoms with Crippen LogP contribution in [0.1, 0.15) is 72.8 Å². The summed E-state index contributed by atoms with van der Waals surface area (Å²) in [5.41, 5.74) is 1.51. The molecule has 1 rings (SSSR count). The third-order valence-corrected chi connectivity index (χ3v) is 4.26. The Morgan fingerprint density at radius 3 is 2.08 bits per heavy atom. The number of hydrogen-bond acceptors (Lipinski definition) is 4. The van der Waals surface area contributed by atoms with E-state index < -0.39 is 12.3 Å². The van der Waals surface area contributed by atoms with Gasteiger partial charge in [0, 0.05) is 13.3 Å². The molecule has 3 atom stereocenters. The Morgan fingerprint density at radius 2 is 1.67 bits per heavy atom. The number of carbonyl (C=O) groups is 1. The largest absolute Gasteiger partial charge is 0.461 e. The molecule has 3 unspecified atom stereocenters. The highest BCUT2D eigenvalue weighted by atomic mass is 17.2. The zero-order valence-corrected chi connectivity index (χ0v) is 16.1. The first-order chi connectivity index (χ1) is 11.2. The van der Waals surface area contributed by atoms with Crippen LogP contribution in [0.25, 0.3) is 0 Å². The fourth-order valence-corrected chi connectivity index (χ4v) is 3.12. The van der Waals surface area contributed by atoms with Gasteiger partial charge < -0.3 is 4.74 Å². The molecule has 0 saturated heterocycles. The molecule has 0 bridgehead atoms. The maximum Gasteiger partial charge on any atom is 0.339 e. The van der Waals surface area contributed by atoms with Crippen molar-refractivity contribution in [3.05, 3.63) is 29.8 Å². The lowest BCUT2D eigenvalue weighted by Crippen LogP contribution is -2.24.